The molecule has 2 heterocycles. The average Bonchev–Trinajstić information content (AvgIpc) is 3.35. The summed E-state index contributed by atoms with van der Waals surface area (Å²) in [6, 6.07) is 17.0. The number of aliphatic carboxylic acids is 1. The molecule has 0 aliphatic rings. The molecule has 2 aromatic heterocycles. The van der Waals surface area contributed by atoms with E-state index in [1.807, 2.05) is 47.9 Å². The monoisotopic (exact) mass is 463 g/mol. The van der Waals surface area contributed by atoms with Crippen LogP contribution in [0.5, 0.6) is 0 Å². The van der Waals surface area contributed by atoms with Crippen LogP contribution in [0.1, 0.15) is 12.5 Å². The lowest BCUT2D eigenvalue weighted by atomic mass is 10.1. The van der Waals surface area contributed by atoms with Gasteiger partial charge < -0.3 is 14.2 Å². The van der Waals surface area contributed by atoms with Gasteiger partial charge in [-0.3, -0.25) is 0 Å². The third kappa shape index (κ3) is 4.26. The Balaban J connectivity index is 1.74. The quantitative estimate of drug-likeness (QED) is 0.294. The van der Waals surface area contributed by atoms with Gasteiger partial charge in [0.15, 0.2) is 11.0 Å². The van der Waals surface area contributed by atoms with Gasteiger partial charge in [0.05, 0.1) is 6.07 Å². The molecule has 2 aromatic carbocycles. The van der Waals surface area contributed by atoms with Crippen molar-refractivity contribution in [3.63, 3.8) is 0 Å². The lowest BCUT2D eigenvalue weighted by Crippen LogP contribution is -2.02. The molecule has 160 valence electrons. The van der Waals surface area contributed by atoms with E-state index in [1.54, 1.807) is 29.0 Å². The Morgan fingerprint density at radius 3 is 2.66 bits per heavy atom. The molecule has 0 bridgehead atoms. The minimum atomic E-state index is -1.06. The van der Waals surface area contributed by atoms with Crippen LogP contribution in [0.3, 0.4) is 0 Å². The number of hydrogen-bond donors (Lipinski definition) is 1. The fourth-order valence-corrected chi connectivity index (χ4v) is 4.44. The van der Waals surface area contributed by atoms with Gasteiger partial charge in [0.1, 0.15) is 11.4 Å². The van der Waals surface area contributed by atoms with Gasteiger partial charge in [0.25, 0.3) is 0 Å². The molecule has 0 unspecified atom stereocenters. The molecule has 0 radical (unpaired) electrons. The maximum atomic E-state index is 12.1. The number of fused-ring (bicyclic) bond motifs is 1. The van der Waals surface area contributed by atoms with Crippen molar-refractivity contribution in [3.05, 3.63) is 70.2 Å². The Hall–Kier alpha value is -3.54. The normalized spacial score (nSPS) is 11.6. The summed E-state index contributed by atoms with van der Waals surface area (Å²) < 4.78 is 3.67. The zero-order valence-electron chi connectivity index (χ0n) is 17.1. The van der Waals surface area contributed by atoms with Gasteiger partial charge >= 0.3 is 5.97 Å². The van der Waals surface area contributed by atoms with E-state index in [4.69, 9.17) is 16.9 Å². The van der Waals surface area contributed by atoms with Crippen LogP contribution < -0.4 is 0 Å². The molecule has 0 fully saturated rings. The van der Waals surface area contributed by atoms with E-state index in [9.17, 15) is 9.90 Å². The van der Waals surface area contributed by atoms with Gasteiger partial charge in [-0.05, 0) is 55.1 Å². The maximum Gasteiger partial charge on any atom is 0.342 e. The van der Waals surface area contributed by atoms with Gasteiger partial charge in [-0.2, -0.15) is 5.26 Å². The highest BCUT2D eigenvalue weighted by atomic mass is 35.5. The molecule has 7 nitrogen and oxygen atoms in total. The molecule has 1 N–H and O–H groups in total. The number of nitriles is 1. The minimum Gasteiger partial charge on any atom is -0.477 e. The number of rotatable bonds is 7. The predicted octanol–water partition coefficient (Wildman–Crippen LogP) is 5.31. The Bertz CT molecular complexity index is 1370. The molecule has 0 aliphatic heterocycles. The van der Waals surface area contributed by atoms with Crippen LogP contribution in [0.25, 0.3) is 28.4 Å². The number of carbonyl (C=O) groups is 1. The van der Waals surface area contributed by atoms with E-state index in [0.29, 0.717) is 22.5 Å². The summed E-state index contributed by atoms with van der Waals surface area (Å²) in [7, 11) is 0. The van der Waals surface area contributed by atoms with E-state index >= 15 is 0 Å². The third-order valence-electron chi connectivity index (χ3n) is 4.89. The second-order valence-corrected chi connectivity index (χ2v) is 8.31. The molecule has 4 aromatic rings. The van der Waals surface area contributed by atoms with Crippen molar-refractivity contribution in [1.29, 1.82) is 5.26 Å². The first kappa shape index (κ1) is 21.7. The molecule has 0 amide bonds. The molecule has 0 saturated heterocycles. The van der Waals surface area contributed by atoms with Gasteiger partial charge in [0.2, 0.25) is 0 Å². The Kier molecular flexibility index (Phi) is 6.30. The first-order chi connectivity index (χ1) is 15.5. The first-order valence-electron chi connectivity index (χ1n) is 9.78. The largest absolute Gasteiger partial charge is 0.477 e. The van der Waals surface area contributed by atoms with Crippen molar-refractivity contribution in [2.24, 2.45) is 0 Å². The molecular weight excluding hydrogens is 446 g/mol. The summed E-state index contributed by atoms with van der Waals surface area (Å²) in [6.07, 6.45) is 3.40. The molecule has 0 spiro atoms. The second kappa shape index (κ2) is 9.30. The molecule has 4 rings (SSSR count). The topological polar surface area (TPSA) is 96.7 Å². The molecule has 0 aliphatic carbocycles. The van der Waals surface area contributed by atoms with Crippen molar-refractivity contribution in [2.45, 2.75) is 25.2 Å². The highest BCUT2D eigenvalue weighted by Gasteiger charge is 2.19. The lowest BCUT2D eigenvalue weighted by molar-refractivity contribution is -0.131. The van der Waals surface area contributed by atoms with Gasteiger partial charge in [-0.25, -0.2) is 4.79 Å². The van der Waals surface area contributed by atoms with Crippen molar-refractivity contribution in [3.8, 4) is 17.5 Å². The zero-order valence-corrected chi connectivity index (χ0v) is 18.6. The number of benzene rings is 2. The number of carboxylic acids is 1. The minimum absolute atomic E-state index is 0.106. The number of thioether (sulfide) groups is 1. The van der Waals surface area contributed by atoms with Crippen LogP contribution in [0.2, 0.25) is 5.02 Å². The van der Waals surface area contributed by atoms with Gasteiger partial charge in [0, 0.05) is 39.8 Å². The number of halogens is 1. The standard InChI is InChI=1S/C23H18ClN5O2S/c1-2-29-21(15-7-9-17(24)10-8-15)26-27-23(29)32-20(22(30)31)13-16-14-28(12-11-25)19-6-4-3-5-18(16)19/h3-10,13-14H,2,12H2,1H3,(H,30,31)/b20-13-. The summed E-state index contributed by atoms with van der Waals surface area (Å²) in [5.41, 5.74) is 2.44. The van der Waals surface area contributed by atoms with E-state index in [2.05, 4.69) is 16.3 Å². The van der Waals surface area contributed by atoms with Crippen LogP contribution in [0.15, 0.2) is 64.8 Å². The van der Waals surface area contributed by atoms with E-state index < -0.39 is 5.97 Å². The molecular formula is C23H18ClN5O2S. The third-order valence-corrected chi connectivity index (χ3v) is 6.14. The van der Waals surface area contributed by atoms with E-state index in [1.165, 1.54) is 0 Å². The zero-order chi connectivity index (χ0) is 22.7. The summed E-state index contributed by atoms with van der Waals surface area (Å²) >= 11 is 7.03. The number of para-hydroxylation sites is 1. The number of aromatic nitrogens is 4. The van der Waals surface area contributed by atoms with Crippen molar-refractivity contribution in [2.75, 3.05) is 0 Å². The molecule has 0 saturated carbocycles. The molecule has 0 atom stereocenters. The number of nitrogens with zero attached hydrogens (tertiary/aromatic N) is 5. The fraction of sp³-hybridized carbons (Fsp3) is 0.130. The van der Waals surface area contributed by atoms with Crippen LogP contribution >= 0.6 is 23.4 Å². The van der Waals surface area contributed by atoms with E-state index in [-0.39, 0.29) is 11.4 Å². The van der Waals surface area contributed by atoms with Gasteiger partial charge in [-0.1, -0.05) is 29.8 Å². The summed E-state index contributed by atoms with van der Waals surface area (Å²) in [6.45, 7) is 2.70. The Labute approximate surface area is 193 Å². The summed E-state index contributed by atoms with van der Waals surface area (Å²) in [5, 5.41) is 29.5. The van der Waals surface area contributed by atoms with Crippen molar-refractivity contribution in [1.82, 2.24) is 19.3 Å². The first-order valence-corrected chi connectivity index (χ1v) is 11.0. The van der Waals surface area contributed by atoms with Crippen LogP contribution in [-0.4, -0.2) is 30.4 Å². The lowest BCUT2D eigenvalue weighted by Gasteiger charge is -2.08. The maximum absolute atomic E-state index is 12.1. The van der Waals surface area contributed by atoms with Crippen molar-refractivity contribution >= 4 is 46.3 Å². The highest BCUT2D eigenvalue weighted by Crippen LogP contribution is 2.32. The summed E-state index contributed by atoms with van der Waals surface area (Å²) in [4.78, 5) is 12.2. The molecule has 9 heteroatoms. The Morgan fingerprint density at radius 1 is 1.22 bits per heavy atom. The predicted molar refractivity (Wildman–Crippen MR) is 125 cm³/mol. The van der Waals surface area contributed by atoms with Crippen LogP contribution in [0.4, 0.5) is 0 Å². The molecule has 32 heavy (non-hydrogen) atoms. The highest BCUT2D eigenvalue weighted by molar-refractivity contribution is 8.04. The fourth-order valence-electron chi connectivity index (χ4n) is 3.43. The van der Waals surface area contributed by atoms with Crippen LogP contribution in [-0.2, 0) is 17.9 Å². The Morgan fingerprint density at radius 2 is 1.97 bits per heavy atom. The number of hydrogen-bond acceptors (Lipinski definition) is 5. The van der Waals surface area contributed by atoms with Crippen LogP contribution in [0, 0.1) is 11.3 Å². The summed E-state index contributed by atoms with van der Waals surface area (Å²) in [5.74, 6) is -0.423. The smallest absolute Gasteiger partial charge is 0.342 e. The number of carboxylic acid groups (broad SMARTS) is 1. The van der Waals surface area contributed by atoms with E-state index in [0.717, 1.165) is 33.8 Å². The average molecular weight is 464 g/mol. The second-order valence-electron chi connectivity index (χ2n) is 6.86. The SMILES string of the molecule is CCn1c(S/C(=C\c2cn(CC#N)c3ccccc23)C(=O)O)nnc1-c1ccc(Cl)cc1. The van der Waals surface area contributed by atoms with Crippen molar-refractivity contribution < 1.29 is 9.90 Å². The van der Waals surface area contributed by atoms with Gasteiger partial charge in [-0.15, -0.1) is 10.2 Å².